The Bertz CT molecular complexity index is 179. The third kappa shape index (κ3) is 2.47. The molecule has 1 saturated heterocycles. The van der Waals surface area contributed by atoms with Crippen LogP contribution in [0.5, 0.6) is 0 Å². The van der Waals surface area contributed by atoms with Crippen LogP contribution in [0, 0.1) is 0 Å². The lowest BCUT2D eigenvalue weighted by Gasteiger charge is -2.36. The summed E-state index contributed by atoms with van der Waals surface area (Å²) in [4.78, 5) is 13.7. The van der Waals surface area contributed by atoms with Crippen molar-refractivity contribution in [2.45, 2.75) is 31.7 Å². The van der Waals surface area contributed by atoms with Crippen molar-refractivity contribution in [3.8, 4) is 0 Å². The molecule has 0 aromatic carbocycles. The molecule has 0 unspecified atom stereocenters. The van der Waals surface area contributed by atoms with Crippen LogP contribution in [-0.2, 0) is 4.79 Å². The average molecular weight is 199 g/mol. The van der Waals surface area contributed by atoms with Gasteiger partial charge in [-0.25, -0.2) is 0 Å². The Morgan fingerprint density at radius 1 is 1.15 bits per heavy atom. The first kappa shape index (κ1) is 9.53. The van der Waals surface area contributed by atoms with Crippen LogP contribution in [0.1, 0.15) is 25.7 Å². The van der Waals surface area contributed by atoms with Gasteiger partial charge in [-0.05, 0) is 12.8 Å². The Labute approximate surface area is 84.1 Å². The molecule has 2 nitrogen and oxygen atoms in total. The summed E-state index contributed by atoms with van der Waals surface area (Å²) in [6.45, 7) is 2.48. The molecule has 0 atom stereocenters. The SMILES string of the molecule is O=C1CCC(N2CCSCC2)CC1. The number of hydrogen-bond donors (Lipinski definition) is 0. The zero-order valence-electron chi connectivity index (χ0n) is 8.00. The van der Waals surface area contributed by atoms with Gasteiger partial charge in [-0.2, -0.15) is 11.8 Å². The topological polar surface area (TPSA) is 20.3 Å². The molecular weight excluding hydrogens is 182 g/mol. The summed E-state index contributed by atoms with van der Waals surface area (Å²) in [5, 5.41) is 0. The maximum atomic E-state index is 11.1. The summed E-state index contributed by atoms with van der Waals surface area (Å²) in [6, 6.07) is 0.721. The predicted octanol–water partition coefficient (Wildman–Crippen LogP) is 1.55. The lowest BCUT2D eigenvalue weighted by molar-refractivity contribution is -0.121. The second-order valence-electron chi connectivity index (χ2n) is 3.92. The molecule has 0 radical (unpaired) electrons. The Morgan fingerprint density at radius 3 is 2.38 bits per heavy atom. The molecule has 13 heavy (non-hydrogen) atoms. The van der Waals surface area contributed by atoms with Crippen molar-refractivity contribution in [2.75, 3.05) is 24.6 Å². The van der Waals surface area contributed by atoms with E-state index in [-0.39, 0.29) is 0 Å². The Morgan fingerprint density at radius 2 is 1.77 bits per heavy atom. The van der Waals surface area contributed by atoms with Gasteiger partial charge in [0.25, 0.3) is 0 Å². The van der Waals surface area contributed by atoms with Crippen molar-refractivity contribution in [1.29, 1.82) is 0 Å². The second-order valence-corrected chi connectivity index (χ2v) is 5.14. The number of rotatable bonds is 1. The normalized spacial score (nSPS) is 27.8. The number of nitrogens with zero attached hydrogens (tertiary/aromatic N) is 1. The van der Waals surface area contributed by atoms with Gasteiger partial charge in [0.1, 0.15) is 5.78 Å². The largest absolute Gasteiger partial charge is 0.300 e. The number of ketones is 1. The summed E-state index contributed by atoms with van der Waals surface area (Å²) < 4.78 is 0. The lowest BCUT2D eigenvalue weighted by atomic mass is 9.93. The maximum Gasteiger partial charge on any atom is 0.133 e. The molecule has 0 spiro atoms. The molecule has 1 aliphatic heterocycles. The quantitative estimate of drug-likeness (QED) is 0.639. The highest BCUT2D eigenvalue weighted by Crippen LogP contribution is 2.23. The van der Waals surface area contributed by atoms with E-state index in [1.54, 1.807) is 0 Å². The number of carbonyl (C=O) groups excluding carboxylic acids is 1. The third-order valence-corrected chi connectivity index (χ3v) is 4.02. The van der Waals surface area contributed by atoms with Crippen molar-refractivity contribution in [1.82, 2.24) is 4.90 Å². The van der Waals surface area contributed by atoms with Gasteiger partial charge in [-0.15, -0.1) is 0 Å². The molecule has 2 aliphatic rings. The predicted molar refractivity (Wildman–Crippen MR) is 56.2 cm³/mol. The van der Waals surface area contributed by atoms with E-state index in [0.29, 0.717) is 5.78 Å². The van der Waals surface area contributed by atoms with Crippen molar-refractivity contribution in [2.24, 2.45) is 0 Å². The average Bonchev–Trinajstić information content (AvgIpc) is 2.20. The van der Waals surface area contributed by atoms with Crippen LogP contribution in [0.3, 0.4) is 0 Å². The summed E-state index contributed by atoms with van der Waals surface area (Å²) >= 11 is 2.05. The number of hydrogen-bond acceptors (Lipinski definition) is 3. The third-order valence-electron chi connectivity index (χ3n) is 3.07. The van der Waals surface area contributed by atoms with Gasteiger partial charge < -0.3 is 0 Å². The summed E-state index contributed by atoms with van der Waals surface area (Å²) in [7, 11) is 0. The Balaban J connectivity index is 1.82. The van der Waals surface area contributed by atoms with Crippen LogP contribution >= 0.6 is 11.8 Å². The van der Waals surface area contributed by atoms with E-state index < -0.39 is 0 Å². The first-order chi connectivity index (χ1) is 6.36. The minimum Gasteiger partial charge on any atom is -0.300 e. The van der Waals surface area contributed by atoms with E-state index in [2.05, 4.69) is 16.7 Å². The lowest BCUT2D eigenvalue weighted by Crippen LogP contribution is -2.43. The van der Waals surface area contributed by atoms with Crippen LogP contribution in [0.4, 0.5) is 0 Å². The van der Waals surface area contributed by atoms with E-state index in [9.17, 15) is 4.79 Å². The van der Waals surface area contributed by atoms with Gasteiger partial charge in [-0.3, -0.25) is 9.69 Å². The van der Waals surface area contributed by atoms with Crippen molar-refractivity contribution >= 4 is 17.5 Å². The highest BCUT2D eigenvalue weighted by Gasteiger charge is 2.25. The maximum absolute atomic E-state index is 11.1. The van der Waals surface area contributed by atoms with Gasteiger partial charge in [0.15, 0.2) is 0 Å². The fourth-order valence-corrected chi connectivity index (χ4v) is 3.16. The van der Waals surface area contributed by atoms with E-state index in [1.165, 1.54) is 24.6 Å². The first-order valence-corrected chi connectivity index (χ1v) is 6.35. The van der Waals surface area contributed by atoms with E-state index in [4.69, 9.17) is 0 Å². The summed E-state index contributed by atoms with van der Waals surface area (Å²) in [6.07, 6.45) is 3.88. The molecule has 1 heterocycles. The molecule has 0 bridgehead atoms. The Hall–Kier alpha value is -0.0200. The standard InChI is InChI=1S/C10H17NOS/c12-10-3-1-9(2-4-10)11-5-7-13-8-6-11/h9H,1-8H2. The molecule has 0 N–H and O–H groups in total. The minimum atomic E-state index is 0.475. The minimum absolute atomic E-state index is 0.475. The molecule has 0 aromatic rings. The molecule has 2 rings (SSSR count). The van der Waals surface area contributed by atoms with Crippen LogP contribution in [-0.4, -0.2) is 41.3 Å². The highest BCUT2D eigenvalue weighted by atomic mass is 32.2. The number of thioether (sulfide) groups is 1. The van der Waals surface area contributed by atoms with E-state index >= 15 is 0 Å². The fourth-order valence-electron chi connectivity index (χ4n) is 2.23. The van der Waals surface area contributed by atoms with Crippen LogP contribution in [0.2, 0.25) is 0 Å². The van der Waals surface area contributed by atoms with Gasteiger partial charge >= 0.3 is 0 Å². The fraction of sp³-hybridized carbons (Fsp3) is 0.900. The van der Waals surface area contributed by atoms with Crippen LogP contribution in [0.25, 0.3) is 0 Å². The zero-order chi connectivity index (χ0) is 9.10. The monoisotopic (exact) mass is 199 g/mol. The van der Waals surface area contributed by atoms with Crippen molar-refractivity contribution in [3.63, 3.8) is 0 Å². The zero-order valence-corrected chi connectivity index (χ0v) is 8.81. The van der Waals surface area contributed by atoms with Crippen molar-refractivity contribution < 1.29 is 4.79 Å². The van der Waals surface area contributed by atoms with Crippen molar-refractivity contribution in [3.05, 3.63) is 0 Å². The molecule has 0 amide bonds. The molecule has 2 fully saturated rings. The molecule has 0 aromatic heterocycles. The van der Waals surface area contributed by atoms with Gasteiger partial charge in [0.2, 0.25) is 0 Å². The van der Waals surface area contributed by atoms with Gasteiger partial charge in [-0.1, -0.05) is 0 Å². The molecule has 74 valence electrons. The summed E-state index contributed by atoms with van der Waals surface area (Å²) in [5.41, 5.74) is 0. The van der Waals surface area contributed by atoms with Crippen LogP contribution < -0.4 is 0 Å². The Kier molecular flexibility index (Phi) is 3.28. The van der Waals surface area contributed by atoms with E-state index in [0.717, 1.165) is 31.7 Å². The molecule has 3 heteroatoms. The number of carbonyl (C=O) groups is 1. The van der Waals surface area contributed by atoms with Gasteiger partial charge in [0.05, 0.1) is 0 Å². The summed E-state index contributed by atoms with van der Waals surface area (Å²) in [5.74, 6) is 3.04. The highest BCUT2D eigenvalue weighted by molar-refractivity contribution is 7.99. The van der Waals surface area contributed by atoms with E-state index in [1.807, 2.05) is 0 Å². The van der Waals surface area contributed by atoms with Gasteiger partial charge in [0, 0.05) is 43.5 Å². The first-order valence-electron chi connectivity index (χ1n) is 5.20. The van der Waals surface area contributed by atoms with Crippen LogP contribution in [0.15, 0.2) is 0 Å². The second kappa shape index (κ2) is 4.47. The smallest absolute Gasteiger partial charge is 0.133 e. The number of Topliss-reactive ketones (excluding diaryl/α,β-unsaturated/α-hetero) is 1. The molecular formula is C10H17NOS. The molecule has 1 aliphatic carbocycles. The molecule has 1 saturated carbocycles.